The van der Waals surface area contributed by atoms with Crippen molar-refractivity contribution >= 4 is 34.7 Å². The second kappa shape index (κ2) is 4.47. The number of rotatable bonds is 3. The lowest BCUT2D eigenvalue weighted by molar-refractivity contribution is -0.384. The topological polar surface area (TPSA) is 55.2 Å². The molecule has 0 atom stereocenters. The number of hydrogen-bond donors (Lipinski definition) is 1. The van der Waals surface area contributed by atoms with E-state index >= 15 is 0 Å². The number of hydrogen-bond acceptors (Lipinski definition) is 4. The van der Waals surface area contributed by atoms with Crippen LogP contribution in [0, 0.1) is 15.9 Å². The molecule has 0 radical (unpaired) electrons. The summed E-state index contributed by atoms with van der Waals surface area (Å²) in [6, 6.07) is 2.32. The number of thioether (sulfide) groups is 1. The molecule has 0 amide bonds. The van der Waals surface area contributed by atoms with Gasteiger partial charge in [0.25, 0.3) is 5.69 Å². The van der Waals surface area contributed by atoms with E-state index in [1.807, 2.05) is 0 Å². The Morgan fingerprint density at radius 3 is 2.75 bits per heavy atom. The van der Waals surface area contributed by atoms with Crippen molar-refractivity contribution in [1.82, 2.24) is 0 Å². The minimum Gasteiger partial charge on any atom is -0.373 e. The Morgan fingerprint density at radius 1 is 1.56 bits per heavy atom. The Morgan fingerprint density at radius 2 is 2.25 bits per heavy atom. The first-order valence-corrected chi connectivity index (χ1v) is 6.09. The second-order valence-electron chi connectivity index (χ2n) is 3.42. The molecule has 16 heavy (non-hydrogen) atoms. The normalized spacial score (nSPS) is 15.6. The summed E-state index contributed by atoms with van der Waals surface area (Å²) in [5.74, 6) is 0.981. The van der Waals surface area contributed by atoms with Crippen LogP contribution in [-0.4, -0.2) is 22.5 Å². The van der Waals surface area contributed by atoms with Gasteiger partial charge in [0.15, 0.2) is 5.82 Å². The van der Waals surface area contributed by atoms with Crippen molar-refractivity contribution < 1.29 is 9.31 Å². The second-order valence-corrected chi connectivity index (χ2v) is 4.93. The zero-order valence-electron chi connectivity index (χ0n) is 8.07. The largest absolute Gasteiger partial charge is 0.373 e. The van der Waals surface area contributed by atoms with E-state index in [0.717, 1.165) is 23.6 Å². The SMILES string of the molecule is O=[N+]([O-])c1cc(Cl)cc(F)c1NC1CSC1. The number of nitrogens with zero attached hydrogens (tertiary/aromatic N) is 1. The fraction of sp³-hybridized carbons (Fsp3) is 0.333. The van der Waals surface area contributed by atoms with Crippen LogP contribution in [-0.2, 0) is 0 Å². The van der Waals surface area contributed by atoms with Gasteiger partial charge in [0.2, 0.25) is 0 Å². The number of anilines is 1. The van der Waals surface area contributed by atoms with Crippen molar-refractivity contribution in [3.63, 3.8) is 0 Å². The van der Waals surface area contributed by atoms with E-state index in [-0.39, 0.29) is 22.4 Å². The van der Waals surface area contributed by atoms with Gasteiger partial charge in [-0.1, -0.05) is 11.6 Å². The zero-order chi connectivity index (χ0) is 11.7. The molecule has 1 saturated heterocycles. The summed E-state index contributed by atoms with van der Waals surface area (Å²) in [6.07, 6.45) is 0. The molecule has 86 valence electrons. The van der Waals surface area contributed by atoms with Gasteiger partial charge in [-0.3, -0.25) is 10.1 Å². The summed E-state index contributed by atoms with van der Waals surface area (Å²) >= 11 is 7.28. The summed E-state index contributed by atoms with van der Waals surface area (Å²) in [5.41, 5.74) is -0.387. The lowest BCUT2D eigenvalue weighted by Crippen LogP contribution is -2.33. The van der Waals surface area contributed by atoms with Crippen molar-refractivity contribution in [2.24, 2.45) is 0 Å². The molecule has 1 aromatic carbocycles. The minimum atomic E-state index is -0.684. The van der Waals surface area contributed by atoms with Crippen molar-refractivity contribution in [2.75, 3.05) is 16.8 Å². The number of halogens is 2. The summed E-state index contributed by atoms with van der Waals surface area (Å²) in [7, 11) is 0. The van der Waals surface area contributed by atoms with Crippen LogP contribution in [0.3, 0.4) is 0 Å². The lowest BCUT2D eigenvalue weighted by atomic mass is 10.2. The molecule has 7 heteroatoms. The zero-order valence-corrected chi connectivity index (χ0v) is 9.65. The Hall–Kier alpha value is -1.01. The molecule has 0 bridgehead atoms. The number of benzene rings is 1. The van der Waals surface area contributed by atoms with Gasteiger partial charge in [0, 0.05) is 23.6 Å². The predicted molar refractivity (Wildman–Crippen MR) is 62.8 cm³/mol. The molecular formula is C9H8ClFN2O2S. The monoisotopic (exact) mass is 262 g/mol. The van der Waals surface area contributed by atoms with E-state index in [1.165, 1.54) is 0 Å². The fourth-order valence-electron chi connectivity index (χ4n) is 1.37. The molecule has 1 aliphatic heterocycles. The summed E-state index contributed by atoms with van der Waals surface area (Å²) in [5, 5.41) is 13.6. The average Bonchev–Trinajstić information content (AvgIpc) is 2.12. The van der Waals surface area contributed by atoms with E-state index in [1.54, 1.807) is 11.8 Å². The summed E-state index contributed by atoms with van der Waals surface area (Å²) in [4.78, 5) is 10.1. The third-order valence-electron chi connectivity index (χ3n) is 2.22. The lowest BCUT2D eigenvalue weighted by Gasteiger charge is -2.26. The molecule has 1 aromatic rings. The maximum atomic E-state index is 13.5. The van der Waals surface area contributed by atoms with Crippen molar-refractivity contribution in [3.8, 4) is 0 Å². The van der Waals surface area contributed by atoms with Crippen LogP contribution in [0.1, 0.15) is 0 Å². The van der Waals surface area contributed by atoms with Gasteiger partial charge in [-0.25, -0.2) is 4.39 Å². The highest BCUT2D eigenvalue weighted by Crippen LogP contribution is 2.33. The molecule has 1 N–H and O–H groups in total. The Kier molecular flexibility index (Phi) is 3.20. The molecule has 4 nitrogen and oxygen atoms in total. The van der Waals surface area contributed by atoms with Crippen LogP contribution in [0.15, 0.2) is 12.1 Å². The van der Waals surface area contributed by atoms with Gasteiger partial charge in [-0.15, -0.1) is 0 Å². The highest BCUT2D eigenvalue weighted by atomic mass is 35.5. The maximum absolute atomic E-state index is 13.5. The van der Waals surface area contributed by atoms with Gasteiger partial charge in [0.05, 0.1) is 9.95 Å². The van der Waals surface area contributed by atoms with Gasteiger partial charge in [-0.05, 0) is 6.07 Å². The number of nitro benzene ring substituents is 1. The van der Waals surface area contributed by atoms with Crippen LogP contribution in [0.2, 0.25) is 5.02 Å². The number of nitro groups is 1. The van der Waals surface area contributed by atoms with Gasteiger partial charge in [-0.2, -0.15) is 11.8 Å². The van der Waals surface area contributed by atoms with Crippen LogP contribution >= 0.6 is 23.4 Å². The van der Waals surface area contributed by atoms with Gasteiger partial charge >= 0.3 is 0 Å². The van der Waals surface area contributed by atoms with Crippen LogP contribution in [0.4, 0.5) is 15.8 Å². The molecule has 1 aliphatic rings. The first kappa shape index (κ1) is 11.5. The summed E-state index contributed by atoms with van der Waals surface area (Å²) < 4.78 is 13.5. The Balaban J connectivity index is 2.35. The molecule has 0 aromatic heterocycles. The molecule has 2 rings (SSSR count). The molecule has 1 heterocycles. The third-order valence-corrected chi connectivity index (χ3v) is 3.71. The van der Waals surface area contributed by atoms with Gasteiger partial charge < -0.3 is 5.32 Å². The Bertz CT molecular complexity index is 440. The molecule has 0 unspecified atom stereocenters. The highest BCUT2D eigenvalue weighted by Gasteiger charge is 2.25. The molecule has 0 aliphatic carbocycles. The van der Waals surface area contributed by atoms with Crippen LogP contribution in [0.5, 0.6) is 0 Å². The fourth-order valence-corrected chi connectivity index (χ4v) is 2.21. The van der Waals surface area contributed by atoms with E-state index in [0.29, 0.717) is 0 Å². The first-order chi connectivity index (χ1) is 7.58. The van der Waals surface area contributed by atoms with Crippen LogP contribution in [0.25, 0.3) is 0 Å². The van der Waals surface area contributed by atoms with Gasteiger partial charge in [0.1, 0.15) is 5.69 Å². The minimum absolute atomic E-state index is 0.0257. The molecule has 0 spiro atoms. The van der Waals surface area contributed by atoms with Crippen molar-refractivity contribution in [2.45, 2.75) is 6.04 Å². The van der Waals surface area contributed by atoms with Crippen molar-refractivity contribution in [1.29, 1.82) is 0 Å². The smallest absolute Gasteiger partial charge is 0.296 e. The maximum Gasteiger partial charge on any atom is 0.296 e. The molecule has 0 saturated carbocycles. The number of nitrogens with one attached hydrogen (secondary N) is 1. The standard InChI is InChI=1S/C9H8ClFN2O2S/c10-5-1-7(11)9(8(2-5)13(14)15)12-6-3-16-4-6/h1-2,6,12H,3-4H2. The molecular weight excluding hydrogens is 255 g/mol. The van der Waals surface area contributed by atoms with E-state index in [9.17, 15) is 14.5 Å². The van der Waals surface area contributed by atoms with E-state index in [2.05, 4.69) is 5.32 Å². The average molecular weight is 263 g/mol. The van der Waals surface area contributed by atoms with E-state index in [4.69, 9.17) is 11.6 Å². The summed E-state index contributed by atoms with van der Waals surface area (Å²) in [6.45, 7) is 0. The van der Waals surface area contributed by atoms with E-state index < -0.39 is 10.7 Å². The Labute approximate surface area is 100 Å². The first-order valence-electron chi connectivity index (χ1n) is 4.55. The quantitative estimate of drug-likeness (QED) is 0.672. The third kappa shape index (κ3) is 2.22. The van der Waals surface area contributed by atoms with Crippen LogP contribution < -0.4 is 5.32 Å². The van der Waals surface area contributed by atoms with Crippen molar-refractivity contribution in [3.05, 3.63) is 33.1 Å². The molecule has 1 fully saturated rings. The predicted octanol–water partition coefficient (Wildman–Crippen LogP) is 2.91. The highest BCUT2D eigenvalue weighted by molar-refractivity contribution is 8.00.